The third-order valence-corrected chi connectivity index (χ3v) is 4.88. The van der Waals surface area contributed by atoms with Crippen LogP contribution in [0, 0.1) is 11.3 Å². The Hall–Kier alpha value is -0.810. The van der Waals surface area contributed by atoms with Gasteiger partial charge >= 0.3 is 0 Å². The predicted octanol–water partition coefficient (Wildman–Crippen LogP) is 0.931. The largest absolute Gasteiger partial charge is 0.409 e. The summed E-state index contributed by atoms with van der Waals surface area (Å²) >= 11 is 0. The minimum Gasteiger partial charge on any atom is -0.409 e. The molecular formula is C14H26N4O. The zero-order valence-electron chi connectivity index (χ0n) is 11.7. The number of amidine groups is 1. The van der Waals surface area contributed by atoms with Gasteiger partial charge in [-0.3, -0.25) is 0 Å². The number of hydrogen-bond acceptors (Lipinski definition) is 4. The second-order valence-electron chi connectivity index (χ2n) is 6.79. The van der Waals surface area contributed by atoms with E-state index in [4.69, 9.17) is 10.9 Å². The van der Waals surface area contributed by atoms with Crippen molar-refractivity contribution in [3.63, 3.8) is 0 Å². The van der Waals surface area contributed by atoms with Crippen molar-refractivity contribution in [2.24, 2.45) is 22.2 Å². The summed E-state index contributed by atoms with van der Waals surface area (Å²) in [6, 6.07) is 0. The van der Waals surface area contributed by atoms with E-state index in [9.17, 15) is 0 Å². The van der Waals surface area contributed by atoms with Gasteiger partial charge in [0.2, 0.25) is 0 Å². The highest BCUT2D eigenvalue weighted by molar-refractivity contribution is 5.80. The first-order valence-electron chi connectivity index (χ1n) is 7.60. The van der Waals surface area contributed by atoms with E-state index < -0.39 is 0 Å². The summed E-state index contributed by atoms with van der Waals surface area (Å²) in [5, 5.41) is 11.8. The van der Waals surface area contributed by atoms with Crippen molar-refractivity contribution < 1.29 is 5.21 Å². The molecule has 1 heterocycles. The monoisotopic (exact) mass is 266 g/mol. The second kappa shape index (κ2) is 5.29. The van der Waals surface area contributed by atoms with Crippen LogP contribution in [0.25, 0.3) is 0 Å². The highest BCUT2D eigenvalue weighted by Gasteiger charge is 2.44. The highest BCUT2D eigenvalue weighted by Crippen LogP contribution is 2.49. The maximum Gasteiger partial charge on any atom is 0.139 e. The minimum absolute atomic E-state index is 0.314. The zero-order chi connectivity index (χ0) is 13.3. The first-order chi connectivity index (χ1) is 9.19. The van der Waals surface area contributed by atoms with Crippen LogP contribution in [0.1, 0.15) is 32.1 Å². The van der Waals surface area contributed by atoms with Crippen LogP contribution < -0.4 is 5.73 Å². The molecule has 3 rings (SSSR count). The molecule has 3 fully saturated rings. The van der Waals surface area contributed by atoms with Crippen LogP contribution in [0.2, 0.25) is 0 Å². The molecule has 108 valence electrons. The van der Waals surface area contributed by atoms with Gasteiger partial charge in [-0.25, -0.2) is 0 Å². The lowest BCUT2D eigenvalue weighted by Crippen LogP contribution is -2.48. The Balaban J connectivity index is 1.41. The molecule has 0 aromatic carbocycles. The maximum absolute atomic E-state index is 8.70. The summed E-state index contributed by atoms with van der Waals surface area (Å²) in [4.78, 5) is 5.19. The van der Waals surface area contributed by atoms with Gasteiger partial charge in [-0.1, -0.05) is 5.16 Å². The molecule has 0 aromatic heterocycles. The fourth-order valence-corrected chi connectivity index (χ4v) is 3.26. The molecule has 0 radical (unpaired) electrons. The van der Waals surface area contributed by atoms with Gasteiger partial charge in [0.1, 0.15) is 5.84 Å². The molecule has 3 N–H and O–H groups in total. The number of oxime groups is 1. The van der Waals surface area contributed by atoms with E-state index >= 15 is 0 Å². The lowest BCUT2D eigenvalue weighted by atomic mass is 10.0. The van der Waals surface area contributed by atoms with Crippen molar-refractivity contribution in [1.82, 2.24) is 9.80 Å². The van der Waals surface area contributed by atoms with Gasteiger partial charge in [-0.2, -0.15) is 0 Å². The van der Waals surface area contributed by atoms with E-state index in [2.05, 4.69) is 15.0 Å². The summed E-state index contributed by atoms with van der Waals surface area (Å²) in [5.74, 6) is 1.40. The van der Waals surface area contributed by atoms with Crippen LogP contribution in [0.15, 0.2) is 5.16 Å². The van der Waals surface area contributed by atoms with Crippen molar-refractivity contribution in [2.45, 2.75) is 32.1 Å². The normalized spacial score (nSPS) is 28.5. The number of nitrogens with two attached hydrogens (primary N) is 1. The molecule has 5 nitrogen and oxygen atoms in total. The highest BCUT2D eigenvalue weighted by atomic mass is 16.4. The van der Waals surface area contributed by atoms with Crippen LogP contribution in [-0.4, -0.2) is 60.1 Å². The Kier molecular flexibility index (Phi) is 3.67. The van der Waals surface area contributed by atoms with Crippen molar-refractivity contribution >= 4 is 5.84 Å². The van der Waals surface area contributed by atoms with Crippen molar-refractivity contribution in [1.29, 1.82) is 0 Å². The SMILES string of the molecule is NC(CC1(CN2CCN(CC3CC3)CC2)CC1)=NO. The molecule has 0 unspecified atom stereocenters. The van der Waals surface area contributed by atoms with E-state index in [1.165, 1.54) is 58.4 Å². The average Bonchev–Trinajstić information content (AvgIpc) is 3.31. The zero-order valence-corrected chi connectivity index (χ0v) is 11.7. The van der Waals surface area contributed by atoms with Crippen LogP contribution in [0.3, 0.4) is 0 Å². The predicted molar refractivity (Wildman–Crippen MR) is 75.3 cm³/mol. The van der Waals surface area contributed by atoms with Gasteiger partial charge in [0.15, 0.2) is 0 Å². The standard InChI is InChI=1S/C14H26N4O/c15-13(16-19)9-14(3-4-14)11-18-7-5-17(6-8-18)10-12-1-2-12/h12,19H,1-11H2,(H2,15,16). The molecule has 0 spiro atoms. The third-order valence-electron chi connectivity index (χ3n) is 4.88. The molecule has 2 saturated carbocycles. The third kappa shape index (κ3) is 3.60. The Bertz CT molecular complexity index is 341. The van der Waals surface area contributed by atoms with Gasteiger partial charge < -0.3 is 20.7 Å². The van der Waals surface area contributed by atoms with Crippen molar-refractivity contribution in [3.8, 4) is 0 Å². The molecule has 0 bridgehead atoms. The summed E-state index contributed by atoms with van der Waals surface area (Å²) in [6.07, 6.45) is 6.11. The lowest BCUT2D eigenvalue weighted by Gasteiger charge is -2.36. The first-order valence-corrected chi connectivity index (χ1v) is 7.60. The number of hydrogen-bond donors (Lipinski definition) is 2. The summed E-state index contributed by atoms with van der Waals surface area (Å²) in [6.45, 7) is 7.26. The fraction of sp³-hybridized carbons (Fsp3) is 0.929. The maximum atomic E-state index is 8.70. The van der Waals surface area contributed by atoms with Crippen LogP contribution >= 0.6 is 0 Å². The molecule has 1 aliphatic heterocycles. The van der Waals surface area contributed by atoms with Crippen molar-refractivity contribution in [3.05, 3.63) is 0 Å². The lowest BCUT2D eigenvalue weighted by molar-refractivity contribution is 0.111. The van der Waals surface area contributed by atoms with Gasteiger partial charge in [0.25, 0.3) is 0 Å². The van der Waals surface area contributed by atoms with E-state index in [0.717, 1.165) is 18.9 Å². The van der Waals surface area contributed by atoms with Gasteiger partial charge in [0.05, 0.1) is 0 Å². The molecule has 19 heavy (non-hydrogen) atoms. The van der Waals surface area contributed by atoms with Crippen molar-refractivity contribution in [2.75, 3.05) is 39.3 Å². The minimum atomic E-state index is 0.314. The van der Waals surface area contributed by atoms with E-state index in [1.54, 1.807) is 0 Å². The first kappa shape index (κ1) is 13.2. The van der Waals surface area contributed by atoms with E-state index in [-0.39, 0.29) is 0 Å². The summed E-state index contributed by atoms with van der Waals surface area (Å²) in [5.41, 5.74) is 5.98. The van der Waals surface area contributed by atoms with Gasteiger partial charge in [-0.15, -0.1) is 0 Å². The molecule has 0 atom stereocenters. The second-order valence-corrected chi connectivity index (χ2v) is 6.79. The number of piperazine rings is 1. The topological polar surface area (TPSA) is 65.1 Å². The van der Waals surface area contributed by atoms with E-state index in [1.807, 2.05) is 0 Å². The molecular weight excluding hydrogens is 240 g/mol. The van der Waals surface area contributed by atoms with Crippen LogP contribution in [0.4, 0.5) is 0 Å². The van der Waals surface area contributed by atoms with Crippen LogP contribution in [0.5, 0.6) is 0 Å². The Morgan fingerprint density at radius 1 is 1.16 bits per heavy atom. The van der Waals surface area contributed by atoms with E-state index in [0.29, 0.717) is 11.3 Å². The molecule has 2 aliphatic carbocycles. The van der Waals surface area contributed by atoms with Gasteiger partial charge in [0, 0.05) is 45.7 Å². The summed E-state index contributed by atoms with van der Waals surface area (Å²) in [7, 11) is 0. The fourth-order valence-electron chi connectivity index (χ4n) is 3.26. The molecule has 1 saturated heterocycles. The Labute approximate surface area is 115 Å². The quantitative estimate of drug-likeness (QED) is 0.325. The van der Waals surface area contributed by atoms with Gasteiger partial charge in [-0.05, 0) is 37.0 Å². The average molecular weight is 266 g/mol. The van der Waals surface area contributed by atoms with Crippen LogP contribution in [-0.2, 0) is 0 Å². The molecule has 5 heteroatoms. The smallest absolute Gasteiger partial charge is 0.139 e. The molecule has 0 aromatic rings. The number of nitrogens with zero attached hydrogens (tertiary/aromatic N) is 3. The Morgan fingerprint density at radius 2 is 1.79 bits per heavy atom. The molecule has 0 amide bonds. The number of rotatable bonds is 6. The summed E-state index contributed by atoms with van der Waals surface area (Å²) < 4.78 is 0. The Morgan fingerprint density at radius 3 is 2.32 bits per heavy atom. The molecule has 3 aliphatic rings.